The molecule has 10 heteroatoms. The van der Waals surface area contributed by atoms with Crippen LogP contribution < -0.4 is 15.8 Å². The number of carbonyl (C=O) groups is 2. The summed E-state index contributed by atoms with van der Waals surface area (Å²) < 4.78 is 25.7. The number of methoxy groups -OCH3 is 1. The number of amides is 2. The summed E-state index contributed by atoms with van der Waals surface area (Å²) in [6, 6.07) is 12.2. The summed E-state index contributed by atoms with van der Waals surface area (Å²) in [5.74, 6) is -0.715. The van der Waals surface area contributed by atoms with Gasteiger partial charge in [0.15, 0.2) is 0 Å². The number of halogens is 2. The van der Waals surface area contributed by atoms with Gasteiger partial charge in [-0.05, 0) is 74.8 Å². The molecule has 3 atom stereocenters. The van der Waals surface area contributed by atoms with E-state index in [1.165, 1.54) is 12.1 Å². The summed E-state index contributed by atoms with van der Waals surface area (Å²) in [5, 5.41) is 13.5. The van der Waals surface area contributed by atoms with Crippen molar-refractivity contribution in [1.29, 1.82) is 0 Å². The lowest BCUT2D eigenvalue weighted by atomic mass is 9.83. The molecule has 0 saturated heterocycles. The highest BCUT2D eigenvalue weighted by Gasteiger charge is 2.32. The van der Waals surface area contributed by atoms with E-state index in [4.69, 9.17) is 27.0 Å². The van der Waals surface area contributed by atoms with Crippen molar-refractivity contribution >= 4 is 23.6 Å². The molecule has 41 heavy (non-hydrogen) atoms. The fraction of sp³-hybridized carbons (Fsp3) is 0.548. The number of hydrogen-bond acceptors (Lipinski definition) is 6. The van der Waals surface area contributed by atoms with Crippen LogP contribution in [-0.4, -0.2) is 66.9 Å². The first kappa shape index (κ1) is 34.5. The molecule has 2 amide bonds. The number of hydrogen-bond donors (Lipinski definition) is 3. The second kappa shape index (κ2) is 16.7. The molecule has 2 rings (SSSR count). The Kier molecular flexibility index (Phi) is 14.0. The van der Waals surface area contributed by atoms with Crippen molar-refractivity contribution in [3.8, 4) is 5.75 Å². The Morgan fingerprint density at radius 1 is 1.12 bits per heavy atom. The van der Waals surface area contributed by atoms with Crippen molar-refractivity contribution in [2.45, 2.75) is 64.5 Å². The molecule has 0 unspecified atom stereocenters. The van der Waals surface area contributed by atoms with Gasteiger partial charge < -0.3 is 25.6 Å². The topological polar surface area (TPSA) is 114 Å². The normalized spacial score (nSPS) is 13.9. The van der Waals surface area contributed by atoms with Crippen molar-refractivity contribution in [2.75, 3.05) is 33.4 Å². The van der Waals surface area contributed by atoms with E-state index >= 15 is 0 Å². The highest BCUT2D eigenvalue weighted by molar-refractivity contribution is 6.24. The first-order valence-corrected chi connectivity index (χ1v) is 14.4. The predicted octanol–water partition coefficient (Wildman–Crippen LogP) is 4.67. The van der Waals surface area contributed by atoms with E-state index in [-0.39, 0.29) is 36.7 Å². The molecule has 2 aromatic carbocycles. The summed E-state index contributed by atoms with van der Waals surface area (Å²) in [6.07, 6.45) is 0.982. The molecule has 0 saturated carbocycles. The van der Waals surface area contributed by atoms with E-state index in [1.807, 2.05) is 13.8 Å². The van der Waals surface area contributed by atoms with Crippen LogP contribution in [0, 0.1) is 17.7 Å². The van der Waals surface area contributed by atoms with Crippen molar-refractivity contribution in [3.05, 3.63) is 65.5 Å². The third-order valence-electron chi connectivity index (χ3n) is 7.33. The smallest absolute Gasteiger partial charge is 0.271 e. The van der Waals surface area contributed by atoms with E-state index in [1.54, 1.807) is 57.4 Å². The van der Waals surface area contributed by atoms with Gasteiger partial charge in [-0.2, -0.15) is 0 Å². The summed E-state index contributed by atoms with van der Waals surface area (Å²) >= 11 is 6.49. The number of aliphatic hydroxyl groups is 1. The Bertz CT molecular complexity index is 1120. The first-order chi connectivity index (χ1) is 19.4. The minimum absolute atomic E-state index is 0.0673. The minimum Gasteiger partial charge on any atom is -0.493 e. The molecular weight excluding hydrogens is 549 g/mol. The lowest BCUT2D eigenvalue weighted by molar-refractivity contribution is -0.126. The Morgan fingerprint density at radius 2 is 1.80 bits per heavy atom. The third kappa shape index (κ3) is 10.6. The van der Waals surface area contributed by atoms with Crippen LogP contribution in [0.25, 0.3) is 0 Å². The average Bonchev–Trinajstić information content (AvgIpc) is 2.94. The SMILES string of the molecule is COCCCCOc1ccccc1C(=O)N(Cl)C[C@@H](C[C@H](N)[C@@H](O)CNC(=O)C(C)(C)c1cccc(F)c1)C(C)C. The molecule has 0 aliphatic rings. The summed E-state index contributed by atoms with van der Waals surface area (Å²) in [4.78, 5) is 26.1. The van der Waals surface area contributed by atoms with Crippen LogP contribution in [-0.2, 0) is 14.9 Å². The molecule has 0 bridgehead atoms. The number of nitrogens with two attached hydrogens (primary N) is 1. The zero-order valence-corrected chi connectivity index (χ0v) is 25.5. The second-order valence-electron chi connectivity index (χ2n) is 11.2. The number of aliphatic hydroxyl groups excluding tert-OH is 1. The summed E-state index contributed by atoms with van der Waals surface area (Å²) in [6.45, 7) is 8.61. The predicted molar refractivity (Wildman–Crippen MR) is 159 cm³/mol. The highest BCUT2D eigenvalue weighted by Crippen LogP contribution is 2.26. The zero-order chi connectivity index (χ0) is 30.6. The molecule has 0 heterocycles. The van der Waals surface area contributed by atoms with Gasteiger partial charge in [-0.1, -0.05) is 38.1 Å². The molecule has 228 valence electrons. The average molecular weight is 594 g/mol. The lowest BCUT2D eigenvalue weighted by Crippen LogP contribution is -2.49. The molecule has 8 nitrogen and oxygen atoms in total. The quantitative estimate of drug-likeness (QED) is 0.181. The van der Waals surface area contributed by atoms with Crippen LogP contribution in [0.15, 0.2) is 48.5 Å². The molecule has 0 aliphatic carbocycles. The van der Waals surface area contributed by atoms with Gasteiger partial charge in [0.25, 0.3) is 5.91 Å². The lowest BCUT2D eigenvalue weighted by Gasteiger charge is -2.30. The highest BCUT2D eigenvalue weighted by atomic mass is 35.5. The number of ether oxygens (including phenoxy) is 2. The molecule has 0 spiro atoms. The zero-order valence-electron chi connectivity index (χ0n) is 24.7. The van der Waals surface area contributed by atoms with Gasteiger partial charge in [0.2, 0.25) is 5.91 Å². The first-order valence-electron chi connectivity index (χ1n) is 14.0. The Morgan fingerprint density at radius 3 is 2.46 bits per heavy atom. The van der Waals surface area contributed by atoms with Gasteiger partial charge >= 0.3 is 0 Å². The number of carbonyl (C=O) groups excluding carboxylic acids is 2. The number of nitrogens with one attached hydrogen (secondary N) is 1. The van der Waals surface area contributed by atoms with Crippen molar-refractivity contribution in [3.63, 3.8) is 0 Å². The van der Waals surface area contributed by atoms with Crippen molar-refractivity contribution < 1.29 is 28.6 Å². The number of unbranched alkanes of at least 4 members (excludes halogenated alkanes) is 1. The number of nitrogens with zero attached hydrogens (tertiary/aromatic N) is 1. The van der Waals surface area contributed by atoms with Crippen LogP contribution in [0.5, 0.6) is 5.75 Å². The van der Waals surface area contributed by atoms with Gasteiger partial charge in [-0.3, -0.25) is 14.0 Å². The maximum absolute atomic E-state index is 13.7. The van der Waals surface area contributed by atoms with Gasteiger partial charge in [0, 0.05) is 44.6 Å². The molecular formula is C31H45ClFN3O5. The van der Waals surface area contributed by atoms with E-state index in [9.17, 15) is 19.1 Å². The fourth-order valence-corrected chi connectivity index (χ4v) is 4.63. The van der Waals surface area contributed by atoms with Crippen LogP contribution >= 0.6 is 11.8 Å². The van der Waals surface area contributed by atoms with Crippen molar-refractivity contribution in [1.82, 2.24) is 9.74 Å². The van der Waals surface area contributed by atoms with E-state index in [0.29, 0.717) is 36.5 Å². The van der Waals surface area contributed by atoms with Gasteiger partial charge in [-0.25, -0.2) is 4.39 Å². The van der Waals surface area contributed by atoms with E-state index < -0.39 is 23.4 Å². The molecule has 0 aliphatic heterocycles. The molecule has 0 radical (unpaired) electrons. The minimum atomic E-state index is -1.03. The second-order valence-corrected chi connectivity index (χ2v) is 11.6. The monoisotopic (exact) mass is 593 g/mol. The number of rotatable bonds is 17. The number of benzene rings is 2. The fourth-order valence-electron chi connectivity index (χ4n) is 4.36. The third-order valence-corrected chi connectivity index (χ3v) is 7.62. The van der Waals surface area contributed by atoms with Crippen LogP contribution in [0.3, 0.4) is 0 Å². The molecule has 2 aromatic rings. The Labute approximate surface area is 248 Å². The van der Waals surface area contributed by atoms with Gasteiger partial charge in [-0.15, -0.1) is 0 Å². The molecule has 0 fully saturated rings. The summed E-state index contributed by atoms with van der Waals surface area (Å²) in [7, 11) is 1.65. The molecule has 0 aromatic heterocycles. The van der Waals surface area contributed by atoms with Crippen LogP contribution in [0.4, 0.5) is 4.39 Å². The van der Waals surface area contributed by atoms with E-state index in [0.717, 1.165) is 17.3 Å². The van der Waals surface area contributed by atoms with Gasteiger partial charge in [0.1, 0.15) is 11.6 Å². The maximum atomic E-state index is 13.7. The van der Waals surface area contributed by atoms with Crippen LogP contribution in [0.2, 0.25) is 0 Å². The standard InChI is InChI=1S/C31H45ClFN3O5/c1-21(2)22(20-36(32)29(38)25-13-6-7-14-28(25)41-16-9-8-15-40-5)17-26(34)27(37)19-35-30(39)31(3,4)23-11-10-12-24(33)18-23/h6-7,10-14,18,21-22,26-27,37H,8-9,15-17,19-20,34H2,1-5H3,(H,35,39)/t22-,26+,27+/m1/s1. The summed E-state index contributed by atoms with van der Waals surface area (Å²) in [5.41, 5.74) is 6.22. The Hall–Kier alpha value is -2.72. The Balaban J connectivity index is 1.96. The van der Waals surface area contributed by atoms with Crippen molar-refractivity contribution in [2.24, 2.45) is 17.6 Å². The molecule has 4 N–H and O–H groups in total. The van der Waals surface area contributed by atoms with Crippen LogP contribution in [0.1, 0.15) is 62.9 Å². The number of para-hydroxylation sites is 1. The largest absolute Gasteiger partial charge is 0.493 e. The van der Waals surface area contributed by atoms with Gasteiger partial charge in [0.05, 0.1) is 23.7 Å². The maximum Gasteiger partial charge on any atom is 0.271 e. The van der Waals surface area contributed by atoms with E-state index in [2.05, 4.69) is 5.32 Å².